The molecule has 0 radical (unpaired) electrons. The number of nitrogens with zero attached hydrogens (tertiary/aromatic N) is 1. The van der Waals surface area contributed by atoms with Gasteiger partial charge < -0.3 is 21.3 Å². The van der Waals surface area contributed by atoms with Crippen LogP contribution >= 0.6 is 0 Å². The fraction of sp³-hybridized carbons (Fsp3) is 0.0714. The highest BCUT2D eigenvalue weighted by atomic mass is 16.6. The molecule has 200 valence electrons. The minimum atomic E-state index is -0.593. The summed E-state index contributed by atoms with van der Waals surface area (Å²) >= 11 is 0. The van der Waals surface area contributed by atoms with Crippen molar-refractivity contribution in [2.24, 2.45) is 0 Å². The van der Waals surface area contributed by atoms with Crippen LogP contribution in [0.15, 0.2) is 72.4 Å². The zero-order valence-corrected chi connectivity index (χ0v) is 21.0. The van der Waals surface area contributed by atoms with Crippen molar-refractivity contribution in [1.82, 2.24) is 16.0 Å². The van der Waals surface area contributed by atoms with Crippen LogP contribution in [0.2, 0.25) is 0 Å². The standard InChI is InChI=1S/C28H22N6O6/c1-15(35)29-14-17-2-6-18(7-3-17)25(24-21-13-20(34(39)40)10-11-22(21)31-27(24)37)30-19-8-4-16(5-9-19)12-23-26(36)33-28(38)32-23/h2-13,30H,14H2,1H3,(H,29,35)(H,31,37)(H2,32,33,36,38). The molecule has 12 heteroatoms. The van der Waals surface area contributed by atoms with E-state index < -0.39 is 22.8 Å². The zero-order chi connectivity index (χ0) is 28.4. The van der Waals surface area contributed by atoms with Crippen LogP contribution in [0, 0.1) is 10.1 Å². The number of imide groups is 1. The molecular formula is C28H22N6O6. The second kappa shape index (κ2) is 10.5. The molecule has 5 N–H and O–H groups in total. The Labute approximate surface area is 227 Å². The van der Waals surface area contributed by atoms with E-state index in [1.807, 2.05) is 12.1 Å². The number of anilines is 2. The number of nitro benzene ring substituents is 1. The average molecular weight is 539 g/mol. The van der Waals surface area contributed by atoms with Crippen LogP contribution in [0.5, 0.6) is 0 Å². The topological polar surface area (TPSA) is 172 Å². The van der Waals surface area contributed by atoms with Crippen LogP contribution in [0.25, 0.3) is 17.3 Å². The normalized spacial score (nSPS) is 16.1. The Bertz CT molecular complexity index is 1640. The molecule has 0 saturated carbocycles. The molecule has 40 heavy (non-hydrogen) atoms. The molecule has 2 heterocycles. The molecule has 5 amide bonds. The summed E-state index contributed by atoms with van der Waals surface area (Å²) < 4.78 is 0. The van der Waals surface area contributed by atoms with Gasteiger partial charge in [-0.3, -0.25) is 29.8 Å². The number of hydrogen-bond acceptors (Lipinski definition) is 7. The fourth-order valence-electron chi connectivity index (χ4n) is 4.27. The van der Waals surface area contributed by atoms with Crippen LogP contribution in [0.1, 0.15) is 29.2 Å². The predicted octanol–water partition coefficient (Wildman–Crippen LogP) is 3.34. The second-order valence-corrected chi connectivity index (χ2v) is 9.01. The van der Waals surface area contributed by atoms with E-state index in [4.69, 9.17) is 0 Å². The summed E-state index contributed by atoms with van der Waals surface area (Å²) in [5, 5.41) is 24.8. The van der Waals surface area contributed by atoms with Gasteiger partial charge in [-0.2, -0.15) is 0 Å². The Hall–Kier alpha value is -5.78. The molecule has 0 aliphatic carbocycles. The maximum absolute atomic E-state index is 13.2. The van der Waals surface area contributed by atoms with E-state index in [1.54, 1.807) is 36.4 Å². The van der Waals surface area contributed by atoms with Gasteiger partial charge in [-0.1, -0.05) is 36.4 Å². The molecular weight excluding hydrogens is 516 g/mol. The molecule has 0 atom stereocenters. The van der Waals surface area contributed by atoms with Crippen LogP contribution in [-0.4, -0.2) is 28.7 Å². The van der Waals surface area contributed by atoms with Gasteiger partial charge >= 0.3 is 6.03 Å². The van der Waals surface area contributed by atoms with Gasteiger partial charge in [0.1, 0.15) is 5.70 Å². The second-order valence-electron chi connectivity index (χ2n) is 9.01. The molecule has 3 aromatic rings. The summed E-state index contributed by atoms with van der Waals surface area (Å²) in [6, 6.07) is 17.7. The van der Waals surface area contributed by atoms with Crippen LogP contribution in [-0.2, 0) is 20.9 Å². The third-order valence-corrected chi connectivity index (χ3v) is 6.20. The Morgan fingerprint density at radius 1 is 0.925 bits per heavy atom. The molecule has 1 fully saturated rings. The number of carbonyl (C=O) groups is 4. The minimum absolute atomic E-state index is 0.119. The molecule has 0 spiro atoms. The van der Waals surface area contributed by atoms with Crippen molar-refractivity contribution in [3.05, 3.63) is 105 Å². The number of rotatable bonds is 7. The molecule has 3 aromatic carbocycles. The largest absolute Gasteiger partial charge is 0.354 e. The molecule has 0 aromatic heterocycles. The number of benzene rings is 3. The Morgan fingerprint density at radius 2 is 1.65 bits per heavy atom. The van der Waals surface area contributed by atoms with Gasteiger partial charge in [0.25, 0.3) is 17.5 Å². The van der Waals surface area contributed by atoms with Gasteiger partial charge in [-0.15, -0.1) is 0 Å². The third kappa shape index (κ3) is 5.41. The van der Waals surface area contributed by atoms with E-state index in [1.165, 1.54) is 31.2 Å². The Kier molecular flexibility index (Phi) is 6.81. The van der Waals surface area contributed by atoms with Gasteiger partial charge in [-0.05, 0) is 41.0 Å². The zero-order valence-electron chi connectivity index (χ0n) is 21.0. The summed E-state index contributed by atoms with van der Waals surface area (Å²) in [5.74, 6) is -1.12. The summed E-state index contributed by atoms with van der Waals surface area (Å²) in [6.45, 7) is 1.76. The monoisotopic (exact) mass is 538 g/mol. The minimum Gasteiger partial charge on any atom is -0.354 e. The van der Waals surface area contributed by atoms with E-state index in [-0.39, 0.29) is 22.9 Å². The number of non-ortho nitro benzene ring substituents is 1. The Morgan fingerprint density at radius 3 is 2.27 bits per heavy atom. The van der Waals surface area contributed by atoms with Crippen molar-refractivity contribution in [1.29, 1.82) is 0 Å². The first-order valence-electron chi connectivity index (χ1n) is 12.1. The van der Waals surface area contributed by atoms with E-state index in [9.17, 15) is 29.3 Å². The highest BCUT2D eigenvalue weighted by Gasteiger charge is 2.30. The van der Waals surface area contributed by atoms with E-state index >= 15 is 0 Å². The molecule has 1 saturated heterocycles. The molecule has 0 unspecified atom stereocenters. The number of urea groups is 1. The predicted molar refractivity (Wildman–Crippen MR) is 147 cm³/mol. The van der Waals surface area contributed by atoms with Gasteiger partial charge in [0.05, 0.1) is 16.2 Å². The van der Waals surface area contributed by atoms with Crippen molar-refractivity contribution < 1.29 is 24.1 Å². The summed E-state index contributed by atoms with van der Waals surface area (Å²) in [6.07, 6.45) is 1.52. The lowest BCUT2D eigenvalue weighted by Gasteiger charge is -2.16. The number of carbonyl (C=O) groups excluding carboxylic acids is 4. The Balaban J connectivity index is 1.54. The van der Waals surface area contributed by atoms with Crippen LogP contribution in [0.4, 0.5) is 21.9 Å². The van der Waals surface area contributed by atoms with Gasteiger partial charge in [0.2, 0.25) is 5.91 Å². The van der Waals surface area contributed by atoms with Gasteiger partial charge in [-0.25, -0.2) is 4.79 Å². The smallest absolute Gasteiger partial charge is 0.326 e. The maximum Gasteiger partial charge on any atom is 0.326 e. The van der Waals surface area contributed by atoms with Gasteiger partial charge in [0, 0.05) is 42.5 Å². The SMILES string of the molecule is CC(=O)NCc1ccc(C(Nc2ccc(C=C3NC(=O)NC3=O)cc2)=C2C(=O)Nc3ccc([N+](=O)[O-])cc32)cc1. The fourth-order valence-corrected chi connectivity index (χ4v) is 4.27. The molecule has 5 rings (SSSR count). The maximum atomic E-state index is 13.2. The summed E-state index contributed by atoms with van der Waals surface area (Å²) in [5.41, 5.74) is 4.16. The lowest BCUT2D eigenvalue weighted by atomic mass is 9.98. The molecule has 2 aliphatic heterocycles. The number of hydrogen-bond donors (Lipinski definition) is 5. The number of amides is 5. The van der Waals surface area contributed by atoms with Crippen molar-refractivity contribution in [2.75, 3.05) is 10.6 Å². The molecule has 2 aliphatic rings. The van der Waals surface area contributed by atoms with Gasteiger partial charge in [0.15, 0.2) is 0 Å². The van der Waals surface area contributed by atoms with Crippen LogP contribution < -0.4 is 26.6 Å². The van der Waals surface area contributed by atoms with E-state index in [0.29, 0.717) is 40.3 Å². The molecule has 12 nitrogen and oxygen atoms in total. The van der Waals surface area contributed by atoms with Crippen molar-refractivity contribution in [2.45, 2.75) is 13.5 Å². The summed E-state index contributed by atoms with van der Waals surface area (Å²) in [7, 11) is 0. The van der Waals surface area contributed by atoms with Crippen molar-refractivity contribution >= 4 is 58.2 Å². The lowest BCUT2D eigenvalue weighted by molar-refractivity contribution is -0.384. The molecule has 0 bridgehead atoms. The highest BCUT2D eigenvalue weighted by molar-refractivity contribution is 6.37. The third-order valence-electron chi connectivity index (χ3n) is 6.20. The average Bonchev–Trinajstić information content (AvgIpc) is 3.43. The number of fused-ring (bicyclic) bond motifs is 1. The first-order valence-corrected chi connectivity index (χ1v) is 12.1. The quantitative estimate of drug-likeness (QED) is 0.133. The summed E-state index contributed by atoms with van der Waals surface area (Å²) in [4.78, 5) is 58.6. The van der Waals surface area contributed by atoms with Crippen molar-refractivity contribution in [3.8, 4) is 0 Å². The highest BCUT2D eigenvalue weighted by Crippen LogP contribution is 2.39. The van der Waals surface area contributed by atoms with Crippen molar-refractivity contribution in [3.63, 3.8) is 0 Å². The number of nitro groups is 1. The first-order chi connectivity index (χ1) is 19.2. The van der Waals surface area contributed by atoms with E-state index in [2.05, 4.69) is 26.6 Å². The van der Waals surface area contributed by atoms with Crippen LogP contribution in [0.3, 0.4) is 0 Å². The number of nitrogens with one attached hydrogen (secondary N) is 5. The van der Waals surface area contributed by atoms with E-state index in [0.717, 1.165) is 5.56 Å². The lowest BCUT2D eigenvalue weighted by Crippen LogP contribution is -2.22. The first kappa shape index (κ1) is 25.9.